The number of nitrogens with zero attached hydrogens (tertiary/aromatic N) is 1. The summed E-state index contributed by atoms with van der Waals surface area (Å²) in [6, 6.07) is -0.483. The molecule has 1 aliphatic heterocycles. The van der Waals surface area contributed by atoms with Gasteiger partial charge in [-0.15, -0.1) is 0 Å². The van der Waals surface area contributed by atoms with Crippen molar-refractivity contribution in [3.63, 3.8) is 0 Å². The van der Waals surface area contributed by atoms with E-state index in [9.17, 15) is 9.59 Å². The molecule has 0 aromatic rings. The van der Waals surface area contributed by atoms with Crippen LogP contribution in [0.5, 0.6) is 0 Å². The summed E-state index contributed by atoms with van der Waals surface area (Å²) in [5.74, 6) is -0.900. The van der Waals surface area contributed by atoms with Gasteiger partial charge < -0.3 is 20.6 Å². The summed E-state index contributed by atoms with van der Waals surface area (Å²) in [4.78, 5) is 24.4. The van der Waals surface area contributed by atoms with Crippen molar-refractivity contribution in [3.8, 4) is 0 Å². The van der Waals surface area contributed by atoms with Crippen LogP contribution >= 0.6 is 0 Å². The fourth-order valence-corrected chi connectivity index (χ4v) is 2.44. The molecule has 2 rings (SSSR count). The minimum atomic E-state index is -0.900. The van der Waals surface area contributed by atoms with Gasteiger partial charge in [-0.3, -0.25) is 4.79 Å². The molecule has 1 saturated carbocycles. The van der Waals surface area contributed by atoms with E-state index in [4.69, 9.17) is 5.11 Å². The van der Waals surface area contributed by atoms with Gasteiger partial charge in [0.1, 0.15) is 6.04 Å². The molecule has 1 heterocycles. The quantitative estimate of drug-likeness (QED) is 0.635. The molecule has 6 nitrogen and oxygen atoms in total. The smallest absolute Gasteiger partial charge is 0.322 e. The number of aliphatic carboxylic acids is 1. The molecule has 1 unspecified atom stereocenters. The summed E-state index contributed by atoms with van der Waals surface area (Å²) in [5.41, 5.74) is 0. The van der Waals surface area contributed by atoms with E-state index >= 15 is 0 Å². The molecule has 0 bridgehead atoms. The fraction of sp³-hybridized carbons (Fsp3) is 0.818. The van der Waals surface area contributed by atoms with Gasteiger partial charge in [0.2, 0.25) is 0 Å². The number of hydrogen-bond acceptors (Lipinski definition) is 3. The summed E-state index contributed by atoms with van der Waals surface area (Å²) in [6.45, 7) is 1.35. The van der Waals surface area contributed by atoms with Gasteiger partial charge in [-0.25, -0.2) is 4.79 Å². The molecule has 3 N–H and O–H groups in total. The zero-order valence-electron chi connectivity index (χ0n) is 9.82. The topological polar surface area (TPSA) is 81.7 Å². The molecule has 2 fully saturated rings. The molecule has 2 amide bonds. The first-order chi connectivity index (χ1) is 8.16. The average Bonchev–Trinajstić information content (AvgIpc) is 2.82. The predicted octanol–water partition coefficient (Wildman–Crippen LogP) is -0.00300. The lowest BCUT2D eigenvalue weighted by molar-refractivity contribution is -0.140. The van der Waals surface area contributed by atoms with E-state index in [0.29, 0.717) is 13.1 Å². The van der Waals surface area contributed by atoms with Gasteiger partial charge in [0.25, 0.3) is 0 Å². The van der Waals surface area contributed by atoms with Crippen LogP contribution in [0.25, 0.3) is 0 Å². The van der Waals surface area contributed by atoms with Crippen molar-refractivity contribution in [2.45, 2.75) is 37.8 Å². The summed E-state index contributed by atoms with van der Waals surface area (Å²) in [6.07, 6.45) is 4.43. The second kappa shape index (κ2) is 5.35. The molecule has 0 radical (unpaired) electrons. The van der Waals surface area contributed by atoms with Gasteiger partial charge in [-0.2, -0.15) is 0 Å². The number of rotatable bonds is 2. The Hall–Kier alpha value is -1.30. The number of nitrogens with one attached hydrogen (secondary N) is 2. The zero-order chi connectivity index (χ0) is 12.3. The molecule has 6 heteroatoms. The normalized spacial score (nSPS) is 25.9. The monoisotopic (exact) mass is 241 g/mol. The number of carbonyl (C=O) groups excluding carboxylic acids is 1. The van der Waals surface area contributed by atoms with E-state index < -0.39 is 12.0 Å². The van der Waals surface area contributed by atoms with Gasteiger partial charge in [-0.05, 0) is 12.8 Å². The standard InChI is InChI=1S/C11H19N3O3/c15-10(16)9-7-14(6-5-12-9)11(17)13-8-3-1-2-4-8/h8-9,12H,1-7H2,(H,13,17)(H,15,16). The highest BCUT2D eigenvalue weighted by Crippen LogP contribution is 2.17. The molecule has 17 heavy (non-hydrogen) atoms. The molecule has 2 aliphatic rings. The molecule has 96 valence electrons. The third kappa shape index (κ3) is 3.09. The average molecular weight is 241 g/mol. The second-order valence-electron chi connectivity index (χ2n) is 4.72. The van der Waals surface area contributed by atoms with Crippen LogP contribution in [-0.4, -0.2) is 53.7 Å². The SMILES string of the molecule is O=C(O)C1CN(C(=O)NC2CCCC2)CCN1. The molecule has 0 aromatic heterocycles. The molecule has 0 aromatic carbocycles. The van der Waals surface area contributed by atoms with Crippen LogP contribution in [0, 0.1) is 0 Å². The molecule has 1 atom stereocenters. The fourth-order valence-electron chi connectivity index (χ4n) is 2.44. The number of carboxylic acids is 1. The van der Waals surface area contributed by atoms with Crippen LogP contribution in [0.1, 0.15) is 25.7 Å². The highest BCUT2D eigenvalue weighted by atomic mass is 16.4. The van der Waals surface area contributed by atoms with Gasteiger partial charge in [-0.1, -0.05) is 12.8 Å². The van der Waals surface area contributed by atoms with Crippen LogP contribution in [0.4, 0.5) is 4.79 Å². The van der Waals surface area contributed by atoms with Gasteiger partial charge in [0, 0.05) is 25.7 Å². The number of carboxylic acid groups (broad SMARTS) is 1. The van der Waals surface area contributed by atoms with Crippen molar-refractivity contribution < 1.29 is 14.7 Å². The van der Waals surface area contributed by atoms with Crippen LogP contribution in [0.3, 0.4) is 0 Å². The molecule has 0 spiro atoms. The Morgan fingerprint density at radius 2 is 2.00 bits per heavy atom. The first kappa shape index (κ1) is 12.2. The van der Waals surface area contributed by atoms with E-state index in [1.165, 1.54) is 12.8 Å². The minimum absolute atomic E-state index is 0.121. The van der Waals surface area contributed by atoms with Crippen LogP contribution in [-0.2, 0) is 4.79 Å². The first-order valence-electron chi connectivity index (χ1n) is 6.18. The highest BCUT2D eigenvalue weighted by Gasteiger charge is 2.28. The highest BCUT2D eigenvalue weighted by molar-refractivity contribution is 5.78. The van der Waals surface area contributed by atoms with Gasteiger partial charge >= 0.3 is 12.0 Å². The lowest BCUT2D eigenvalue weighted by atomic mass is 10.2. The third-order valence-corrected chi connectivity index (χ3v) is 3.44. The van der Waals surface area contributed by atoms with Crippen molar-refractivity contribution in [3.05, 3.63) is 0 Å². The summed E-state index contributed by atoms with van der Waals surface area (Å²) in [5, 5.41) is 14.8. The van der Waals surface area contributed by atoms with Crippen LogP contribution in [0.15, 0.2) is 0 Å². The third-order valence-electron chi connectivity index (χ3n) is 3.44. The second-order valence-corrected chi connectivity index (χ2v) is 4.72. The predicted molar refractivity (Wildman–Crippen MR) is 61.8 cm³/mol. The van der Waals surface area contributed by atoms with E-state index in [1.54, 1.807) is 4.90 Å². The summed E-state index contributed by atoms with van der Waals surface area (Å²) in [7, 11) is 0. The Balaban J connectivity index is 1.83. The van der Waals surface area contributed by atoms with Crippen molar-refractivity contribution >= 4 is 12.0 Å². The lowest BCUT2D eigenvalue weighted by Crippen LogP contribution is -2.58. The largest absolute Gasteiger partial charge is 0.480 e. The Kier molecular flexibility index (Phi) is 3.83. The first-order valence-corrected chi connectivity index (χ1v) is 6.18. The molecular formula is C11H19N3O3. The van der Waals surface area contributed by atoms with E-state index in [2.05, 4.69) is 10.6 Å². The van der Waals surface area contributed by atoms with Gasteiger partial charge in [0.05, 0.1) is 0 Å². The number of piperazine rings is 1. The van der Waals surface area contributed by atoms with Crippen molar-refractivity contribution in [1.82, 2.24) is 15.5 Å². The Morgan fingerprint density at radius 3 is 2.65 bits per heavy atom. The summed E-state index contributed by atoms with van der Waals surface area (Å²) >= 11 is 0. The maximum atomic E-state index is 11.9. The lowest BCUT2D eigenvalue weighted by Gasteiger charge is -2.32. The van der Waals surface area contributed by atoms with Crippen molar-refractivity contribution in [2.75, 3.05) is 19.6 Å². The van der Waals surface area contributed by atoms with Crippen molar-refractivity contribution in [1.29, 1.82) is 0 Å². The maximum absolute atomic E-state index is 11.9. The van der Waals surface area contributed by atoms with E-state index in [1.807, 2.05) is 0 Å². The zero-order valence-corrected chi connectivity index (χ0v) is 9.82. The number of hydrogen-bond donors (Lipinski definition) is 3. The molecular weight excluding hydrogens is 222 g/mol. The van der Waals surface area contributed by atoms with E-state index in [-0.39, 0.29) is 18.6 Å². The van der Waals surface area contributed by atoms with E-state index in [0.717, 1.165) is 12.8 Å². The Bertz CT molecular complexity index is 302. The van der Waals surface area contributed by atoms with Crippen LogP contribution < -0.4 is 10.6 Å². The maximum Gasteiger partial charge on any atom is 0.322 e. The number of amides is 2. The summed E-state index contributed by atoms with van der Waals surface area (Å²) < 4.78 is 0. The number of carbonyl (C=O) groups is 2. The molecule has 1 aliphatic carbocycles. The number of urea groups is 1. The minimum Gasteiger partial charge on any atom is -0.480 e. The molecule has 1 saturated heterocycles. The Morgan fingerprint density at radius 1 is 1.29 bits per heavy atom. The van der Waals surface area contributed by atoms with Gasteiger partial charge in [0.15, 0.2) is 0 Å². The van der Waals surface area contributed by atoms with Crippen molar-refractivity contribution in [2.24, 2.45) is 0 Å². The van der Waals surface area contributed by atoms with Crippen LogP contribution in [0.2, 0.25) is 0 Å². The Labute approximate surface area is 100 Å².